The molecular weight excluding hydrogens is 488 g/mol. The molecule has 8 heteroatoms. The summed E-state index contributed by atoms with van der Waals surface area (Å²) in [6, 6.07) is 18.0. The number of para-hydroxylation sites is 2. The molecule has 0 N–H and O–H groups in total. The Balaban J connectivity index is 1.51. The highest BCUT2D eigenvalue weighted by molar-refractivity contribution is 9.10. The lowest BCUT2D eigenvalue weighted by atomic mass is 10.2. The number of hydrogen-bond acceptors (Lipinski definition) is 5. The Kier molecular flexibility index (Phi) is 7.03. The minimum Gasteiger partial charge on any atom is -0.492 e. The molecular formula is C24H25BrN4O2S. The summed E-state index contributed by atoms with van der Waals surface area (Å²) >= 11 is 3.47. The molecule has 6 nitrogen and oxygen atoms in total. The lowest BCUT2D eigenvalue weighted by Crippen LogP contribution is -2.24. The molecule has 0 aliphatic rings. The van der Waals surface area contributed by atoms with Crippen LogP contribution in [0.2, 0.25) is 0 Å². The Bertz CT molecular complexity index is 1260. The fourth-order valence-electron chi connectivity index (χ4n) is 3.58. The quantitative estimate of drug-likeness (QED) is 0.341. The van der Waals surface area contributed by atoms with Crippen molar-refractivity contribution in [3.05, 3.63) is 76.4 Å². The summed E-state index contributed by atoms with van der Waals surface area (Å²) in [4.78, 5) is 11.4. The SMILES string of the molecule is Cc1c(OCCN(C)Cc2ccc(Br)cc2)ccnc1-n1c(S(C)=O)nc2ccccc21. The number of pyridine rings is 1. The van der Waals surface area contributed by atoms with E-state index in [4.69, 9.17) is 4.74 Å². The summed E-state index contributed by atoms with van der Waals surface area (Å²) in [5.74, 6) is 1.45. The van der Waals surface area contributed by atoms with Crippen LogP contribution < -0.4 is 4.74 Å². The van der Waals surface area contributed by atoms with Gasteiger partial charge in [-0.05, 0) is 49.9 Å². The third-order valence-electron chi connectivity index (χ3n) is 5.22. The number of imidazole rings is 1. The van der Waals surface area contributed by atoms with Crippen LogP contribution in [0.5, 0.6) is 5.75 Å². The summed E-state index contributed by atoms with van der Waals surface area (Å²) in [6.07, 6.45) is 3.36. The Morgan fingerprint density at radius 2 is 1.88 bits per heavy atom. The van der Waals surface area contributed by atoms with Crippen LogP contribution in [0.25, 0.3) is 16.9 Å². The van der Waals surface area contributed by atoms with Gasteiger partial charge in [0.1, 0.15) is 18.2 Å². The van der Waals surface area contributed by atoms with E-state index in [0.29, 0.717) is 17.6 Å². The average molecular weight is 513 g/mol. The number of fused-ring (bicyclic) bond motifs is 1. The van der Waals surface area contributed by atoms with Gasteiger partial charge in [-0.15, -0.1) is 0 Å². The first-order valence-corrected chi connectivity index (χ1v) is 12.6. The molecule has 1 unspecified atom stereocenters. The maximum atomic E-state index is 12.4. The molecule has 4 rings (SSSR count). The predicted octanol–water partition coefficient (Wildman–Crippen LogP) is 4.74. The molecule has 2 aromatic heterocycles. The summed E-state index contributed by atoms with van der Waals surface area (Å²) in [5.41, 5.74) is 3.81. The van der Waals surface area contributed by atoms with Gasteiger partial charge < -0.3 is 4.74 Å². The number of rotatable bonds is 8. The number of halogens is 1. The Labute approximate surface area is 198 Å². The number of hydrogen-bond donors (Lipinski definition) is 0. The lowest BCUT2D eigenvalue weighted by Gasteiger charge is -2.18. The third-order valence-corrected chi connectivity index (χ3v) is 6.54. The highest BCUT2D eigenvalue weighted by atomic mass is 79.9. The minimum atomic E-state index is -1.26. The van der Waals surface area contributed by atoms with E-state index in [2.05, 4.69) is 62.1 Å². The first-order chi connectivity index (χ1) is 15.4. The van der Waals surface area contributed by atoms with Crippen molar-refractivity contribution in [2.45, 2.75) is 18.6 Å². The van der Waals surface area contributed by atoms with E-state index < -0.39 is 10.8 Å². The Morgan fingerprint density at radius 1 is 1.12 bits per heavy atom. The van der Waals surface area contributed by atoms with Gasteiger partial charge >= 0.3 is 0 Å². The molecule has 0 amide bonds. The first kappa shape index (κ1) is 22.6. The van der Waals surface area contributed by atoms with Crippen LogP contribution in [-0.2, 0) is 17.3 Å². The van der Waals surface area contributed by atoms with Gasteiger partial charge in [0.2, 0.25) is 5.16 Å². The van der Waals surface area contributed by atoms with E-state index in [1.165, 1.54) is 5.56 Å². The highest BCUT2D eigenvalue weighted by Crippen LogP contribution is 2.28. The molecule has 0 bridgehead atoms. The van der Waals surface area contributed by atoms with Crippen molar-refractivity contribution in [1.82, 2.24) is 19.4 Å². The van der Waals surface area contributed by atoms with Gasteiger partial charge in [-0.25, -0.2) is 9.97 Å². The van der Waals surface area contributed by atoms with Crippen molar-refractivity contribution in [1.29, 1.82) is 0 Å². The Morgan fingerprint density at radius 3 is 2.62 bits per heavy atom. The maximum absolute atomic E-state index is 12.4. The van der Waals surface area contributed by atoms with Crippen molar-refractivity contribution in [2.24, 2.45) is 0 Å². The van der Waals surface area contributed by atoms with Crippen molar-refractivity contribution in [2.75, 3.05) is 26.5 Å². The summed E-state index contributed by atoms with van der Waals surface area (Å²) in [7, 11) is 0.820. The molecule has 32 heavy (non-hydrogen) atoms. The van der Waals surface area contributed by atoms with Crippen molar-refractivity contribution in [3.8, 4) is 11.6 Å². The van der Waals surface area contributed by atoms with Crippen LogP contribution in [0.15, 0.2) is 70.4 Å². The largest absolute Gasteiger partial charge is 0.492 e. The van der Waals surface area contributed by atoms with Crippen LogP contribution in [0, 0.1) is 6.92 Å². The molecule has 0 saturated heterocycles. The average Bonchev–Trinajstić information content (AvgIpc) is 3.16. The zero-order valence-corrected chi connectivity index (χ0v) is 20.7. The Hall–Kier alpha value is -2.55. The monoisotopic (exact) mass is 512 g/mol. The molecule has 2 heterocycles. The lowest BCUT2D eigenvalue weighted by molar-refractivity contribution is 0.232. The number of benzene rings is 2. The molecule has 0 radical (unpaired) electrons. The number of aromatic nitrogens is 3. The van der Waals surface area contributed by atoms with Gasteiger partial charge in [-0.2, -0.15) is 0 Å². The number of likely N-dealkylation sites (N-methyl/N-ethyl adjacent to an activating group) is 1. The van der Waals surface area contributed by atoms with Crippen molar-refractivity contribution in [3.63, 3.8) is 0 Å². The predicted molar refractivity (Wildman–Crippen MR) is 132 cm³/mol. The standard InChI is InChI=1S/C24H25BrN4O2S/c1-17-22(31-15-14-28(2)16-18-8-10-19(25)11-9-18)12-13-26-23(17)29-21-7-5-4-6-20(21)27-24(29)32(3)30/h4-13H,14-16H2,1-3H3. The second kappa shape index (κ2) is 9.94. The molecule has 4 aromatic rings. The second-order valence-electron chi connectivity index (χ2n) is 7.64. The molecule has 0 saturated carbocycles. The zero-order valence-electron chi connectivity index (χ0n) is 18.3. The third kappa shape index (κ3) is 4.92. The van der Waals surface area contributed by atoms with Gasteiger partial charge in [-0.3, -0.25) is 13.7 Å². The van der Waals surface area contributed by atoms with Crippen molar-refractivity contribution < 1.29 is 8.95 Å². The summed E-state index contributed by atoms with van der Waals surface area (Å²) < 4.78 is 21.4. The van der Waals surface area contributed by atoms with E-state index in [1.54, 1.807) is 12.5 Å². The number of ether oxygens (including phenoxy) is 1. The van der Waals surface area contributed by atoms with E-state index in [-0.39, 0.29) is 0 Å². The van der Waals surface area contributed by atoms with Crippen LogP contribution in [-0.4, -0.2) is 50.1 Å². The minimum absolute atomic E-state index is 0.480. The van der Waals surface area contributed by atoms with Gasteiger partial charge in [-0.1, -0.05) is 40.2 Å². The highest BCUT2D eigenvalue weighted by Gasteiger charge is 2.19. The molecule has 0 spiro atoms. The van der Waals surface area contributed by atoms with Gasteiger partial charge in [0.25, 0.3) is 0 Å². The van der Waals surface area contributed by atoms with Crippen LogP contribution in [0.1, 0.15) is 11.1 Å². The number of nitrogens with zero attached hydrogens (tertiary/aromatic N) is 4. The molecule has 0 aliphatic heterocycles. The van der Waals surface area contributed by atoms with Crippen LogP contribution in [0.4, 0.5) is 0 Å². The van der Waals surface area contributed by atoms with E-state index >= 15 is 0 Å². The fourth-order valence-corrected chi connectivity index (χ4v) is 4.52. The molecule has 2 aromatic carbocycles. The van der Waals surface area contributed by atoms with Crippen molar-refractivity contribution >= 4 is 37.8 Å². The summed E-state index contributed by atoms with van der Waals surface area (Å²) in [5, 5.41) is 0.480. The topological polar surface area (TPSA) is 60.2 Å². The van der Waals surface area contributed by atoms with Crippen LogP contribution in [0.3, 0.4) is 0 Å². The van der Waals surface area contributed by atoms with Gasteiger partial charge in [0, 0.05) is 35.6 Å². The summed E-state index contributed by atoms with van der Waals surface area (Å²) in [6.45, 7) is 4.16. The van der Waals surface area contributed by atoms with E-state index in [1.807, 2.05) is 41.8 Å². The van der Waals surface area contributed by atoms with Crippen LogP contribution >= 0.6 is 15.9 Å². The smallest absolute Gasteiger partial charge is 0.205 e. The fraction of sp³-hybridized carbons (Fsp3) is 0.250. The van der Waals surface area contributed by atoms with E-state index in [0.717, 1.165) is 39.9 Å². The second-order valence-corrected chi connectivity index (χ2v) is 9.83. The molecule has 0 fully saturated rings. The van der Waals surface area contributed by atoms with Gasteiger partial charge in [0.15, 0.2) is 0 Å². The normalized spacial score (nSPS) is 12.4. The zero-order chi connectivity index (χ0) is 22.7. The molecule has 166 valence electrons. The maximum Gasteiger partial charge on any atom is 0.205 e. The van der Waals surface area contributed by atoms with E-state index in [9.17, 15) is 4.21 Å². The molecule has 1 atom stereocenters. The first-order valence-electron chi connectivity index (χ1n) is 10.3. The van der Waals surface area contributed by atoms with Gasteiger partial charge in [0.05, 0.1) is 21.8 Å². The molecule has 0 aliphatic carbocycles.